The summed E-state index contributed by atoms with van der Waals surface area (Å²) in [4.78, 5) is 0. The van der Waals surface area contributed by atoms with Gasteiger partial charge in [-0.05, 0) is 32.1 Å². The molecule has 2 atom stereocenters. The molecule has 15 heavy (non-hydrogen) atoms. The van der Waals surface area contributed by atoms with Crippen molar-refractivity contribution in [3.8, 4) is 0 Å². The van der Waals surface area contributed by atoms with E-state index in [2.05, 4.69) is 40.3 Å². The van der Waals surface area contributed by atoms with Crippen LogP contribution in [-0.2, 0) is 0 Å². The first-order chi connectivity index (χ1) is 7.07. The van der Waals surface area contributed by atoms with Crippen LogP contribution in [0.25, 0.3) is 0 Å². The van der Waals surface area contributed by atoms with E-state index in [0.717, 1.165) is 17.8 Å². The third kappa shape index (κ3) is 3.52. The van der Waals surface area contributed by atoms with Gasteiger partial charge in [0.05, 0.1) is 0 Å². The summed E-state index contributed by atoms with van der Waals surface area (Å²) in [7, 11) is 0. The van der Waals surface area contributed by atoms with E-state index < -0.39 is 0 Å². The SMILES string of the molecule is C=C1C(CCCCC(C)C)C1C(C)=CC. The first kappa shape index (κ1) is 12.5. The number of rotatable bonds is 6. The molecular weight excluding hydrogens is 180 g/mol. The van der Waals surface area contributed by atoms with Gasteiger partial charge in [-0.1, -0.05) is 56.9 Å². The molecule has 0 aromatic carbocycles. The second-order valence-corrected chi connectivity index (χ2v) is 5.37. The van der Waals surface area contributed by atoms with Crippen LogP contribution < -0.4 is 0 Å². The van der Waals surface area contributed by atoms with Crippen molar-refractivity contribution in [3.05, 3.63) is 23.8 Å². The largest absolute Gasteiger partial charge is 0.0989 e. The maximum absolute atomic E-state index is 4.17. The highest BCUT2D eigenvalue weighted by Gasteiger charge is 2.41. The fourth-order valence-electron chi connectivity index (χ4n) is 2.43. The average molecular weight is 206 g/mol. The van der Waals surface area contributed by atoms with E-state index in [1.54, 1.807) is 0 Å². The molecule has 2 unspecified atom stereocenters. The molecule has 0 aromatic heterocycles. The standard InChI is InChI=1S/C15H26/c1-6-12(4)15-13(5)14(15)10-8-7-9-11(2)3/h6,11,14-15H,5,7-10H2,1-4H3. The van der Waals surface area contributed by atoms with Crippen LogP contribution in [0.15, 0.2) is 23.8 Å². The van der Waals surface area contributed by atoms with Crippen molar-refractivity contribution >= 4 is 0 Å². The van der Waals surface area contributed by atoms with Gasteiger partial charge in [-0.15, -0.1) is 0 Å². The normalized spacial score (nSPS) is 26.2. The fourth-order valence-corrected chi connectivity index (χ4v) is 2.43. The lowest BCUT2D eigenvalue weighted by Gasteiger charge is -2.03. The third-order valence-corrected chi connectivity index (χ3v) is 3.66. The van der Waals surface area contributed by atoms with Crippen molar-refractivity contribution in [2.24, 2.45) is 17.8 Å². The van der Waals surface area contributed by atoms with Crippen molar-refractivity contribution in [1.29, 1.82) is 0 Å². The summed E-state index contributed by atoms with van der Waals surface area (Å²) in [6.45, 7) is 13.2. The summed E-state index contributed by atoms with van der Waals surface area (Å²) >= 11 is 0. The van der Waals surface area contributed by atoms with Crippen LogP contribution in [0.2, 0.25) is 0 Å². The van der Waals surface area contributed by atoms with Gasteiger partial charge in [0.15, 0.2) is 0 Å². The van der Waals surface area contributed by atoms with Crippen molar-refractivity contribution < 1.29 is 0 Å². The second kappa shape index (κ2) is 5.53. The van der Waals surface area contributed by atoms with Crippen LogP contribution in [0, 0.1) is 17.8 Å². The Balaban J connectivity index is 2.17. The molecule has 0 spiro atoms. The maximum Gasteiger partial charge on any atom is 0.00701 e. The molecule has 0 N–H and O–H groups in total. The van der Waals surface area contributed by atoms with Crippen LogP contribution in [0.1, 0.15) is 53.4 Å². The van der Waals surface area contributed by atoms with E-state index >= 15 is 0 Å². The zero-order chi connectivity index (χ0) is 11.4. The lowest BCUT2D eigenvalue weighted by Crippen LogP contribution is -1.89. The number of unbranched alkanes of at least 4 members (excludes halogenated alkanes) is 1. The Hall–Kier alpha value is -0.520. The Kier molecular flexibility index (Phi) is 4.63. The lowest BCUT2D eigenvalue weighted by atomic mass is 10.0. The predicted molar refractivity (Wildman–Crippen MR) is 68.9 cm³/mol. The summed E-state index contributed by atoms with van der Waals surface area (Å²) in [5.74, 6) is 2.41. The number of allylic oxidation sites excluding steroid dienone is 3. The Morgan fingerprint density at radius 3 is 2.60 bits per heavy atom. The van der Waals surface area contributed by atoms with Crippen LogP contribution >= 0.6 is 0 Å². The molecule has 1 saturated carbocycles. The first-order valence-electron chi connectivity index (χ1n) is 6.39. The van der Waals surface area contributed by atoms with Crippen molar-refractivity contribution in [3.63, 3.8) is 0 Å². The fraction of sp³-hybridized carbons (Fsp3) is 0.733. The average Bonchev–Trinajstić information content (AvgIpc) is 2.83. The molecule has 0 nitrogen and oxygen atoms in total. The van der Waals surface area contributed by atoms with Crippen LogP contribution in [0.5, 0.6) is 0 Å². The van der Waals surface area contributed by atoms with Gasteiger partial charge >= 0.3 is 0 Å². The molecule has 0 aliphatic heterocycles. The summed E-state index contributed by atoms with van der Waals surface area (Å²) in [6.07, 6.45) is 7.76. The molecule has 0 bridgehead atoms. The molecule has 0 radical (unpaired) electrons. The molecule has 0 heteroatoms. The van der Waals surface area contributed by atoms with Gasteiger partial charge in [0.2, 0.25) is 0 Å². The van der Waals surface area contributed by atoms with E-state index in [4.69, 9.17) is 0 Å². The molecule has 86 valence electrons. The highest BCUT2D eigenvalue weighted by molar-refractivity contribution is 5.36. The van der Waals surface area contributed by atoms with Gasteiger partial charge in [0.1, 0.15) is 0 Å². The molecule has 0 saturated heterocycles. The Bertz CT molecular complexity index is 245. The van der Waals surface area contributed by atoms with Crippen molar-refractivity contribution in [2.75, 3.05) is 0 Å². The third-order valence-electron chi connectivity index (χ3n) is 3.66. The zero-order valence-corrected chi connectivity index (χ0v) is 10.8. The molecule has 1 aliphatic rings. The molecule has 1 fully saturated rings. The molecule has 0 heterocycles. The Morgan fingerprint density at radius 1 is 1.40 bits per heavy atom. The Morgan fingerprint density at radius 2 is 2.07 bits per heavy atom. The summed E-state index contributed by atoms with van der Waals surface area (Å²) in [6, 6.07) is 0. The van der Waals surface area contributed by atoms with Gasteiger partial charge in [0, 0.05) is 5.92 Å². The van der Waals surface area contributed by atoms with Crippen molar-refractivity contribution in [1.82, 2.24) is 0 Å². The smallest absolute Gasteiger partial charge is 0.00701 e. The highest BCUT2D eigenvalue weighted by Crippen LogP contribution is 2.51. The van der Waals surface area contributed by atoms with Gasteiger partial charge in [-0.25, -0.2) is 0 Å². The topological polar surface area (TPSA) is 0 Å². The van der Waals surface area contributed by atoms with Gasteiger partial charge < -0.3 is 0 Å². The summed E-state index contributed by atoms with van der Waals surface area (Å²) < 4.78 is 0. The number of hydrogen-bond donors (Lipinski definition) is 0. The summed E-state index contributed by atoms with van der Waals surface area (Å²) in [5.41, 5.74) is 3.00. The number of hydrogen-bond acceptors (Lipinski definition) is 0. The van der Waals surface area contributed by atoms with E-state index in [1.165, 1.54) is 36.8 Å². The predicted octanol–water partition coefficient (Wildman–Crippen LogP) is 4.97. The Labute approximate surface area is 95.5 Å². The molecule has 0 aromatic rings. The first-order valence-corrected chi connectivity index (χ1v) is 6.39. The van der Waals surface area contributed by atoms with E-state index in [1.807, 2.05) is 0 Å². The van der Waals surface area contributed by atoms with E-state index in [0.29, 0.717) is 0 Å². The van der Waals surface area contributed by atoms with Crippen LogP contribution in [-0.4, -0.2) is 0 Å². The maximum atomic E-state index is 4.17. The monoisotopic (exact) mass is 206 g/mol. The van der Waals surface area contributed by atoms with Crippen molar-refractivity contribution in [2.45, 2.75) is 53.4 Å². The van der Waals surface area contributed by atoms with E-state index in [-0.39, 0.29) is 0 Å². The molecule has 1 rings (SSSR count). The molecule has 0 amide bonds. The minimum Gasteiger partial charge on any atom is -0.0989 e. The zero-order valence-electron chi connectivity index (χ0n) is 10.8. The molecular formula is C15H26. The van der Waals surface area contributed by atoms with Gasteiger partial charge in [-0.2, -0.15) is 0 Å². The highest BCUT2D eigenvalue weighted by atomic mass is 14.5. The second-order valence-electron chi connectivity index (χ2n) is 5.37. The van der Waals surface area contributed by atoms with Gasteiger partial charge in [0.25, 0.3) is 0 Å². The minimum absolute atomic E-state index is 0.731. The summed E-state index contributed by atoms with van der Waals surface area (Å²) in [5, 5.41) is 0. The van der Waals surface area contributed by atoms with Gasteiger partial charge in [-0.3, -0.25) is 0 Å². The molecule has 1 aliphatic carbocycles. The lowest BCUT2D eigenvalue weighted by molar-refractivity contribution is 0.512. The van der Waals surface area contributed by atoms with Crippen LogP contribution in [0.4, 0.5) is 0 Å². The van der Waals surface area contributed by atoms with E-state index in [9.17, 15) is 0 Å². The minimum atomic E-state index is 0.731. The quantitative estimate of drug-likeness (QED) is 0.425. The van der Waals surface area contributed by atoms with Crippen LogP contribution in [0.3, 0.4) is 0 Å².